The molecule has 0 N–H and O–H groups in total. The van der Waals surface area contributed by atoms with Crippen LogP contribution in [0.4, 0.5) is 4.79 Å². The number of nitrogens with zero attached hydrogens (tertiary/aromatic N) is 1. The SMILES string of the molecule is COc1ccc(CN2C(=O)SC[C@H]2C=O)cc1. The van der Waals surface area contributed by atoms with E-state index >= 15 is 0 Å². The fourth-order valence-corrected chi connectivity index (χ4v) is 2.62. The van der Waals surface area contributed by atoms with Crippen LogP contribution in [0.25, 0.3) is 0 Å². The molecule has 1 aromatic carbocycles. The Balaban J connectivity index is 2.08. The Bertz CT molecular complexity index is 418. The number of methoxy groups -OCH3 is 1. The van der Waals surface area contributed by atoms with Gasteiger partial charge in [0.25, 0.3) is 5.24 Å². The minimum atomic E-state index is -0.297. The van der Waals surface area contributed by atoms with Gasteiger partial charge in [-0.15, -0.1) is 0 Å². The molecule has 90 valence electrons. The van der Waals surface area contributed by atoms with E-state index in [0.717, 1.165) is 17.6 Å². The largest absolute Gasteiger partial charge is 0.497 e. The van der Waals surface area contributed by atoms with Gasteiger partial charge in [-0.3, -0.25) is 4.79 Å². The third-order valence-electron chi connectivity index (χ3n) is 2.68. The van der Waals surface area contributed by atoms with Crippen LogP contribution in [-0.2, 0) is 11.3 Å². The predicted molar refractivity (Wildman–Crippen MR) is 66.2 cm³/mol. The number of hydrogen-bond acceptors (Lipinski definition) is 4. The summed E-state index contributed by atoms with van der Waals surface area (Å²) in [7, 11) is 1.61. The highest BCUT2D eigenvalue weighted by Gasteiger charge is 2.31. The predicted octanol–water partition coefficient (Wildman–Crippen LogP) is 1.93. The smallest absolute Gasteiger partial charge is 0.282 e. The summed E-state index contributed by atoms with van der Waals surface area (Å²) in [6.45, 7) is 0.471. The number of aldehydes is 1. The van der Waals surface area contributed by atoms with Crippen molar-refractivity contribution in [3.63, 3.8) is 0 Å². The van der Waals surface area contributed by atoms with Crippen LogP contribution in [0.2, 0.25) is 0 Å². The van der Waals surface area contributed by atoms with Crippen molar-refractivity contribution in [2.24, 2.45) is 0 Å². The van der Waals surface area contributed by atoms with Crippen LogP contribution in [-0.4, -0.2) is 35.3 Å². The number of ether oxygens (including phenoxy) is 1. The number of rotatable bonds is 4. The van der Waals surface area contributed by atoms with E-state index in [1.807, 2.05) is 24.3 Å². The second-order valence-corrected chi connectivity index (χ2v) is 4.73. The van der Waals surface area contributed by atoms with Crippen molar-refractivity contribution < 1.29 is 14.3 Å². The van der Waals surface area contributed by atoms with Gasteiger partial charge in [0.1, 0.15) is 12.0 Å². The molecular weight excluding hydrogens is 238 g/mol. The molecule has 1 heterocycles. The first-order valence-corrected chi connectivity index (χ1v) is 6.25. The van der Waals surface area contributed by atoms with Crippen molar-refractivity contribution in [1.82, 2.24) is 4.90 Å². The number of carbonyl (C=O) groups is 2. The maximum absolute atomic E-state index is 11.6. The lowest BCUT2D eigenvalue weighted by atomic mass is 10.2. The first-order chi connectivity index (χ1) is 8.24. The van der Waals surface area contributed by atoms with E-state index in [-0.39, 0.29) is 11.3 Å². The minimum absolute atomic E-state index is 0.0297. The molecule has 1 aromatic rings. The van der Waals surface area contributed by atoms with E-state index < -0.39 is 0 Å². The van der Waals surface area contributed by atoms with Gasteiger partial charge in [0, 0.05) is 12.3 Å². The van der Waals surface area contributed by atoms with Gasteiger partial charge < -0.3 is 14.4 Å². The van der Waals surface area contributed by atoms with Crippen molar-refractivity contribution >= 4 is 23.3 Å². The summed E-state index contributed by atoms with van der Waals surface area (Å²) in [4.78, 5) is 24.0. The van der Waals surface area contributed by atoms with Crippen LogP contribution in [0.5, 0.6) is 5.75 Å². The topological polar surface area (TPSA) is 46.6 Å². The zero-order valence-electron chi connectivity index (χ0n) is 9.46. The van der Waals surface area contributed by atoms with Crippen LogP contribution in [0.15, 0.2) is 24.3 Å². The van der Waals surface area contributed by atoms with Crippen LogP contribution < -0.4 is 4.74 Å². The molecule has 0 spiro atoms. The van der Waals surface area contributed by atoms with Crippen LogP contribution >= 0.6 is 11.8 Å². The molecule has 0 aliphatic carbocycles. The molecule has 0 saturated carbocycles. The van der Waals surface area contributed by atoms with Gasteiger partial charge >= 0.3 is 0 Å². The molecule has 0 aromatic heterocycles. The number of amides is 1. The molecule has 17 heavy (non-hydrogen) atoms. The highest BCUT2D eigenvalue weighted by molar-refractivity contribution is 8.13. The lowest BCUT2D eigenvalue weighted by Gasteiger charge is -2.19. The maximum Gasteiger partial charge on any atom is 0.282 e. The van der Waals surface area contributed by atoms with E-state index in [1.165, 1.54) is 11.8 Å². The molecule has 0 bridgehead atoms. The second-order valence-electron chi connectivity index (χ2n) is 3.76. The van der Waals surface area contributed by atoms with Gasteiger partial charge in [-0.05, 0) is 17.7 Å². The van der Waals surface area contributed by atoms with Crippen molar-refractivity contribution in [3.8, 4) is 5.75 Å². The monoisotopic (exact) mass is 251 g/mol. The molecule has 4 nitrogen and oxygen atoms in total. The number of benzene rings is 1. The van der Waals surface area contributed by atoms with Gasteiger partial charge in [0.05, 0.1) is 13.2 Å². The standard InChI is InChI=1S/C12H13NO3S/c1-16-11-4-2-9(3-5-11)6-13-10(7-14)8-17-12(13)15/h2-5,7,10H,6,8H2,1H3/t10-/m1/s1. The minimum Gasteiger partial charge on any atom is -0.497 e. The van der Waals surface area contributed by atoms with E-state index in [1.54, 1.807) is 12.0 Å². The zero-order chi connectivity index (χ0) is 12.3. The van der Waals surface area contributed by atoms with Gasteiger partial charge in [0.15, 0.2) is 0 Å². The molecule has 1 fully saturated rings. The Morgan fingerprint density at radius 2 is 2.18 bits per heavy atom. The van der Waals surface area contributed by atoms with Crippen molar-refractivity contribution in [3.05, 3.63) is 29.8 Å². The summed E-state index contributed by atoms with van der Waals surface area (Å²) in [6.07, 6.45) is 0.835. The molecule has 0 radical (unpaired) electrons. The summed E-state index contributed by atoms with van der Waals surface area (Å²) >= 11 is 1.20. The molecule has 1 amide bonds. The molecular formula is C12H13NO3S. The normalized spacial score (nSPS) is 19.5. The highest BCUT2D eigenvalue weighted by atomic mass is 32.2. The Hall–Kier alpha value is -1.49. The van der Waals surface area contributed by atoms with Crippen molar-refractivity contribution in [1.29, 1.82) is 0 Å². The lowest BCUT2D eigenvalue weighted by molar-refractivity contribution is -0.110. The van der Waals surface area contributed by atoms with Gasteiger partial charge in [-0.25, -0.2) is 0 Å². The summed E-state index contributed by atoms with van der Waals surface area (Å²) in [5.74, 6) is 1.33. The molecule has 1 aliphatic rings. The zero-order valence-corrected chi connectivity index (χ0v) is 10.3. The molecule has 2 rings (SSSR count). The number of hydrogen-bond donors (Lipinski definition) is 0. The quantitative estimate of drug-likeness (QED) is 0.767. The third-order valence-corrected chi connectivity index (χ3v) is 3.67. The molecule has 1 aliphatic heterocycles. The average molecular weight is 251 g/mol. The Labute approximate surface area is 104 Å². The van der Waals surface area contributed by atoms with Gasteiger partial charge in [0.2, 0.25) is 0 Å². The summed E-state index contributed by atoms with van der Waals surface area (Å²) in [6, 6.07) is 7.20. The van der Waals surface area contributed by atoms with Crippen molar-refractivity contribution in [2.75, 3.05) is 12.9 Å². The molecule has 0 unspecified atom stereocenters. The summed E-state index contributed by atoms with van der Waals surface area (Å²) in [5, 5.41) is -0.0297. The van der Waals surface area contributed by atoms with Crippen LogP contribution in [0.1, 0.15) is 5.56 Å². The Kier molecular flexibility index (Phi) is 3.68. The van der Waals surface area contributed by atoms with Crippen LogP contribution in [0, 0.1) is 0 Å². The fraction of sp³-hybridized carbons (Fsp3) is 0.333. The van der Waals surface area contributed by atoms with Crippen molar-refractivity contribution in [2.45, 2.75) is 12.6 Å². The van der Waals surface area contributed by atoms with E-state index in [4.69, 9.17) is 4.74 Å². The Morgan fingerprint density at radius 1 is 1.47 bits per heavy atom. The summed E-state index contributed by atoms with van der Waals surface area (Å²) < 4.78 is 5.06. The molecule has 1 saturated heterocycles. The second kappa shape index (κ2) is 5.23. The summed E-state index contributed by atoms with van der Waals surface area (Å²) in [5.41, 5.74) is 0.994. The Morgan fingerprint density at radius 3 is 2.76 bits per heavy atom. The first kappa shape index (κ1) is 12.0. The first-order valence-electron chi connectivity index (χ1n) is 5.26. The maximum atomic E-state index is 11.6. The molecule has 5 heteroatoms. The number of thioether (sulfide) groups is 1. The van der Waals surface area contributed by atoms with E-state index in [0.29, 0.717) is 12.3 Å². The average Bonchev–Trinajstić information content (AvgIpc) is 2.71. The highest BCUT2D eigenvalue weighted by Crippen LogP contribution is 2.25. The fourth-order valence-electron chi connectivity index (χ4n) is 1.69. The van der Waals surface area contributed by atoms with Gasteiger partial charge in [-0.2, -0.15) is 0 Å². The number of carbonyl (C=O) groups excluding carboxylic acids is 2. The van der Waals surface area contributed by atoms with Crippen LogP contribution in [0.3, 0.4) is 0 Å². The lowest BCUT2D eigenvalue weighted by Crippen LogP contribution is -2.33. The van der Waals surface area contributed by atoms with Gasteiger partial charge in [-0.1, -0.05) is 23.9 Å². The molecule has 1 atom stereocenters. The third kappa shape index (κ3) is 2.61. The van der Waals surface area contributed by atoms with E-state index in [9.17, 15) is 9.59 Å². The van der Waals surface area contributed by atoms with E-state index in [2.05, 4.69) is 0 Å².